The van der Waals surface area contributed by atoms with Gasteiger partial charge in [-0.05, 0) is 10.8 Å². The molecule has 16 nitrogen and oxygen atoms in total. The minimum Gasteiger partial charge on any atom is -0.479 e. The van der Waals surface area contributed by atoms with E-state index in [0.717, 1.165) is 28.0 Å². The minimum absolute atomic E-state index is 0.0298. The van der Waals surface area contributed by atoms with Gasteiger partial charge in [0.25, 0.3) is 11.8 Å². The highest BCUT2D eigenvalue weighted by Gasteiger charge is 2.54. The molecule has 4 heterocycles. The lowest BCUT2D eigenvalue weighted by molar-refractivity contribution is -0.150. The molecule has 184 valence electrons. The molecule has 2 aliphatic rings. The zero-order chi connectivity index (χ0) is 25.1. The number of carbonyl (C=O) groups is 4. The van der Waals surface area contributed by atoms with E-state index in [0.29, 0.717) is 16.5 Å². The molecular formula is C16H15N9O7S3. The Bertz CT molecular complexity index is 1230. The smallest absolute Gasteiger partial charge is 0.352 e. The van der Waals surface area contributed by atoms with Crippen molar-refractivity contribution in [3.8, 4) is 0 Å². The molecule has 1 fully saturated rings. The Hall–Kier alpha value is -3.71. The number of carboxylic acid groups (broad SMARTS) is 2. The first-order valence-corrected chi connectivity index (χ1v) is 12.4. The van der Waals surface area contributed by atoms with Crippen LogP contribution in [0, 0.1) is 0 Å². The lowest BCUT2D eigenvalue weighted by Gasteiger charge is -2.49. The SMILES string of the molecule is Nc1nc(C(=NOCC(=O)O)C(=O)NC2C(=O)N3C(C(=O)O)=C(CSc4nn[nH]n4)CS[C@H]23)cs1. The van der Waals surface area contributed by atoms with Crippen molar-refractivity contribution in [3.63, 3.8) is 0 Å². The van der Waals surface area contributed by atoms with Crippen molar-refractivity contribution < 1.29 is 34.2 Å². The first-order chi connectivity index (χ1) is 16.8. The molecule has 2 aliphatic heterocycles. The van der Waals surface area contributed by atoms with Crippen LogP contribution in [-0.2, 0) is 24.0 Å². The molecule has 2 amide bonds. The van der Waals surface area contributed by atoms with Gasteiger partial charge in [0.05, 0.1) is 0 Å². The molecular weight excluding hydrogens is 526 g/mol. The van der Waals surface area contributed by atoms with Crippen LogP contribution in [0.2, 0.25) is 0 Å². The van der Waals surface area contributed by atoms with Gasteiger partial charge in [-0.15, -0.1) is 33.3 Å². The number of nitrogen functional groups attached to an aromatic ring is 1. The first-order valence-electron chi connectivity index (χ1n) is 9.46. The summed E-state index contributed by atoms with van der Waals surface area (Å²) in [6.45, 7) is -0.803. The predicted octanol–water partition coefficient (Wildman–Crippen LogP) is -1.43. The molecule has 0 aliphatic carbocycles. The number of carbonyl (C=O) groups excluding carboxylic acids is 2. The largest absolute Gasteiger partial charge is 0.479 e. The maximum absolute atomic E-state index is 12.9. The van der Waals surface area contributed by atoms with Gasteiger partial charge in [-0.3, -0.25) is 14.5 Å². The minimum atomic E-state index is -1.31. The Morgan fingerprint density at radius 2 is 2.20 bits per heavy atom. The Balaban J connectivity index is 1.49. The van der Waals surface area contributed by atoms with Gasteiger partial charge < -0.3 is 26.1 Å². The molecule has 0 bridgehead atoms. The topological polar surface area (TPSA) is 239 Å². The fourth-order valence-corrected chi connectivity index (χ4v) is 5.89. The van der Waals surface area contributed by atoms with Crippen molar-refractivity contribution in [2.45, 2.75) is 16.6 Å². The summed E-state index contributed by atoms with van der Waals surface area (Å²) in [7, 11) is 0. The molecule has 1 unspecified atom stereocenters. The fraction of sp³-hybridized carbons (Fsp3) is 0.312. The van der Waals surface area contributed by atoms with Gasteiger partial charge in [-0.2, -0.15) is 5.21 Å². The molecule has 1 saturated heterocycles. The summed E-state index contributed by atoms with van der Waals surface area (Å²) in [5, 5.41) is 39.1. The van der Waals surface area contributed by atoms with E-state index in [1.807, 2.05) is 0 Å². The number of β-lactam (4-membered cyclic amide) rings is 1. The van der Waals surface area contributed by atoms with Crippen LogP contribution in [0.5, 0.6) is 0 Å². The van der Waals surface area contributed by atoms with Gasteiger partial charge in [0.1, 0.15) is 22.8 Å². The van der Waals surface area contributed by atoms with Crippen LogP contribution in [-0.4, -0.2) is 99.7 Å². The number of aromatic nitrogens is 5. The number of oxime groups is 1. The molecule has 19 heteroatoms. The summed E-state index contributed by atoms with van der Waals surface area (Å²) >= 11 is 3.46. The molecule has 6 N–H and O–H groups in total. The maximum atomic E-state index is 12.9. The molecule has 0 radical (unpaired) electrons. The lowest BCUT2D eigenvalue weighted by atomic mass is 10.0. The standard InChI is InChI=1S/C16H15N9O7S3/c17-15-18-6(4-34-15)8(22-32-1-7(26)27)11(28)19-9-12(29)25-10(14(30)31)5(2-33-13(9)25)3-35-16-20-23-24-21-16/h4,9,13H,1-3H2,(H2,17,18)(H,19,28)(H,26,27)(H,30,31)(H,20,21,23,24)/t9?,13-/m1/s1. The van der Waals surface area contributed by atoms with Crippen molar-refractivity contribution in [3.05, 3.63) is 22.3 Å². The van der Waals surface area contributed by atoms with Crippen LogP contribution in [0.3, 0.4) is 0 Å². The monoisotopic (exact) mass is 541 g/mol. The number of carboxylic acids is 2. The Kier molecular flexibility index (Phi) is 7.17. The number of fused-ring (bicyclic) bond motifs is 1. The second kappa shape index (κ2) is 10.3. The molecule has 0 saturated carbocycles. The third-order valence-corrected chi connectivity index (χ3v) is 7.50. The molecule has 0 aromatic carbocycles. The number of hydrogen-bond acceptors (Lipinski definition) is 14. The van der Waals surface area contributed by atoms with Gasteiger partial charge in [0.2, 0.25) is 11.8 Å². The van der Waals surface area contributed by atoms with Gasteiger partial charge >= 0.3 is 11.9 Å². The van der Waals surface area contributed by atoms with Crippen LogP contribution >= 0.6 is 34.9 Å². The Morgan fingerprint density at radius 1 is 1.40 bits per heavy atom. The number of thioether (sulfide) groups is 2. The van der Waals surface area contributed by atoms with Crippen molar-refractivity contribution in [1.82, 2.24) is 35.8 Å². The summed E-state index contributed by atoms with van der Waals surface area (Å²) in [6, 6.07) is -1.05. The fourth-order valence-electron chi connectivity index (χ4n) is 3.12. The van der Waals surface area contributed by atoms with Crippen molar-refractivity contribution in [1.29, 1.82) is 0 Å². The number of hydrogen-bond donors (Lipinski definition) is 5. The van der Waals surface area contributed by atoms with Gasteiger partial charge in [0.15, 0.2) is 10.8 Å². The second-order valence-electron chi connectivity index (χ2n) is 6.78. The maximum Gasteiger partial charge on any atom is 0.352 e. The summed E-state index contributed by atoms with van der Waals surface area (Å²) in [5.74, 6) is -3.56. The molecule has 35 heavy (non-hydrogen) atoms. The van der Waals surface area contributed by atoms with Crippen molar-refractivity contribution >= 4 is 69.5 Å². The highest BCUT2D eigenvalue weighted by atomic mass is 32.2. The number of aromatic amines is 1. The Labute approximate surface area is 207 Å². The predicted molar refractivity (Wildman–Crippen MR) is 121 cm³/mol. The highest BCUT2D eigenvalue weighted by molar-refractivity contribution is 8.01. The number of tetrazole rings is 1. The zero-order valence-corrected chi connectivity index (χ0v) is 19.7. The average Bonchev–Trinajstić information content (AvgIpc) is 3.49. The first kappa shape index (κ1) is 24.4. The number of amides is 2. The highest BCUT2D eigenvalue weighted by Crippen LogP contribution is 2.41. The third-order valence-electron chi connectivity index (χ3n) is 4.56. The number of nitrogens with one attached hydrogen (secondary N) is 2. The summed E-state index contributed by atoms with van der Waals surface area (Å²) in [6.07, 6.45) is 0. The second-order valence-corrected chi connectivity index (χ2v) is 9.72. The van der Waals surface area contributed by atoms with Crippen LogP contribution in [0.1, 0.15) is 5.69 Å². The molecule has 2 aromatic rings. The lowest BCUT2D eigenvalue weighted by Crippen LogP contribution is -2.71. The van der Waals surface area contributed by atoms with Gasteiger partial charge in [0, 0.05) is 16.9 Å². The number of thiazole rings is 1. The molecule has 2 atom stereocenters. The summed E-state index contributed by atoms with van der Waals surface area (Å²) < 4.78 is 0. The zero-order valence-electron chi connectivity index (χ0n) is 17.3. The van der Waals surface area contributed by atoms with Crippen LogP contribution in [0.25, 0.3) is 0 Å². The summed E-state index contributed by atoms with van der Waals surface area (Å²) in [4.78, 5) is 58.1. The number of H-pyrrole nitrogens is 1. The molecule has 2 aromatic heterocycles. The van der Waals surface area contributed by atoms with E-state index in [1.54, 1.807) is 0 Å². The number of nitrogens with two attached hydrogens (primary N) is 1. The molecule has 0 spiro atoms. The van der Waals surface area contributed by atoms with E-state index < -0.39 is 41.8 Å². The number of anilines is 1. The third kappa shape index (κ3) is 5.20. The van der Waals surface area contributed by atoms with Crippen LogP contribution in [0.15, 0.2) is 27.0 Å². The summed E-state index contributed by atoms with van der Waals surface area (Å²) in [5.41, 5.74) is 5.59. The van der Waals surface area contributed by atoms with E-state index in [9.17, 15) is 24.3 Å². The van der Waals surface area contributed by atoms with E-state index in [2.05, 4.69) is 40.9 Å². The number of aliphatic carboxylic acids is 2. The van der Waals surface area contributed by atoms with Crippen LogP contribution in [0.4, 0.5) is 5.13 Å². The van der Waals surface area contributed by atoms with E-state index in [-0.39, 0.29) is 28.0 Å². The van der Waals surface area contributed by atoms with Gasteiger partial charge in [-0.25, -0.2) is 14.6 Å². The van der Waals surface area contributed by atoms with E-state index >= 15 is 0 Å². The number of nitrogens with zero attached hydrogens (tertiary/aromatic N) is 6. The normalized spacial score (nSPS) is 19.7. The van der Waals surface area contributed by atoms with Gasteiger partial charge in [-0.1, -0.05) is 16.9 Å². The van der Waals surface area contributed by atoms with E-state index in [4.69, 9.17) is 10.8 Å². The van der Waals surface area contributed by atoms with Crippen molar-refractivity contribution in [2.75, 3.05) is 23.8 Å². The number of rotatable bonds is 10. The Morgan fingerprint density at radius 3 is 2.83 bits per heavy atom. The van der Waals surface area contributed by atoms with E-state index in [1.165, 1.54) is 17.1 Å². The molecule has 4 rings (SSSR count). The van der Waals surface area contributed by atoms with Crippen molar-refractivity contribution in [2.24, 2.45) is 5.16 Å². The van der Waals surface area contributed by atoms with Crippen LogP contribution < -0.4 is 11.1 Å². The average molecular weight is 542 g/mol. The quantitative estimate of drug-likeness (QED) is 0.100.